The van der Waals surface area contributed by atoms with Crippen molar-refractivity contribution in [2.45, 2.75) is 12.5 Å². The van der Waals surface area contributed by atoms with E-state index in [1.54, 1.807) is 18.2 Å². The van der Waals surface area contributed by atoms with Crippen LogP contribution in [0.1, 0.15) is 16.8 Å². The van der Waals surface area contributed by atoms with Gasteiger partial charge in [-0.05, 0) is 25.1 Å². The van der Waals surface area contributed by atoms with Gasteiger partial charge in [0, 0.05) is 38.8 Å². The van der Waals surface area contributed by atoms with Crippen molar-refractivity contribution in [3.05, 3.63) is 33.8 Å². The molecule has 0 bridgehead atoms. The Morgan fingerprint density at radius 1 is 1.14 bits per heavy atom. The van der Waals surface area contributed by atoms with Gasteiger partial charge in [-0.15, -0.1) is 12.4 Å². The molecule has 2 heterocycles. The summed E-state index contributed by atoms with van der Waals surface area (Å²) in [6, 6.07) is 5.79. The highest BCUT2D eigenvalue weighted by molar-refractivity contribution is 6.39. The fourth-order valence-electron chi connectivity index (χ4n) is 3.10. The average Bonchev–Trinajstić information content (AvgIpc) is 3.01. The Morgan fingerprint density at radius 3 is 2.32 bits per heavy atom. The number of rotatable bonds is 2. The Hall–Kier alpha value is -0.520. The van der Waals surface area contributed by atoms with Gasteiger partial charge < -0.3 is 10.2 Å². The van der Waals surface area contributed by atoms with E-state index in [1.165, 1.54) is 6.42 Å². The Balaban J connectivity index is 0.00000176. The third kappa shape index (κ3) is 3.69. The second-order valence-corrected chi connectivity index (χ2v) is 6.39. The number of hydrogen-bond acceptors (Lipinski definition) is 3. The van der Waals surface area contributed by atoms with E-state index in [4.69, 9.17) is 23.2 Å². The van der Waals surface area contributed by atoms with E-state index in [2.05, 4.69) is 10.2 Å². The minimum absolute atomic E-state index is 0. The SMILES string of the molecule is Cl.O=C(c1c(Cl)cccc1Cl)N1CCN(C2CCNC2)CC1. The molecule has 7 heteroatoms. The average molecular weight is 365 g/mol. The molecule has 1 amide bonds. The van der Waals surface area contributed by atoms with E-state index < -0.39 is 0 Å². The van der Waals surface area contributed by atoms with Crippen molar-refractivity contribution >= 4 is 41.5 Å². The summed E-state index contributed by atoms with van der Waals surface area (Å²) in [5, 5.41) is 4.24. The lowest BCUT2D eigenvalue weighted by atomic mass is 10.1. The first-order valence-electron chi connectivity index (χ1n) is 7.35. The quantitative estimate of drug-likeness (QED) is 0.876. The summed E-state index contributed by atoms with van der Waals surface area (Å²) >= 11 is 12.3. The maximum atomic E-state index is 12.6. The van der Waals surface area contributed by atoms with Crippen molar-refractivity contribution in [3.63, 3.8) is 0 Å². The van der Waals surface area contributed by atoms with Crippen LogP contribution < -0.4 is 5.32 Å². The Labute approximate surface area is 147 Å². The van der Waals surface area contributed by atoms with E-state index in [1.807, 2.05) is 4.90 Å². The highest BCUT2D eigenvalue weighted by atomic mass is 35.5. The molecule has 4 nitrogen and oxygen atoms in total. The molecule has 1 aromatic rings. The monoisotopic (exact) mass is 363 g/mol. The lowest BCUT2D eigenvalue weighted by Gasteiger charge is -2.38. The standard InChI is InChI=1S/C15H19Cl2N3O.ClH/c16-12-2-1-3-13(17)14(12)15(21)20-8-6-19(7-9-20)11-4-5-18-10-11;/h1-3,11,18H,4-10H2;1H. The van der Waals surface area contributed by atoms with Crippen molar-refractivity contribution in [3.8, 4) is 0 Å². The van der Waals surface area contributed by atoms with E-state index in [9.17, 15) is 4.79 Å². The molecule has 3 rings (SSSR count). The smallest absolute Gasteiger partial charge is 0.256 e. The van der Waals surface area contributed by atoms with Gasteiger partial charge >= 0.3 is 0 Å². The number of carbonyl (C=O) groups is 1. The highest BCUT2D eigenvalue weighted by Crippen LogP contribution is 2.26. The van der Waals surface area contributed by atoms with E-state index >= 15 is 0 Å². The van der Waals surface area contributed by atoms with Gasteiger partial charge in [0.2, 0.25) is 0 Å². The summed E-state index contributed by atoms with van der Waals surface area (Å²) in [5.74, 6) is -0.0604. The van der Waals surface area contributed by atoms with Crippen LogP contribution in [0.5, 0.6) is 0 Å². The summed E-state index contributed by atoms with van der Waals surface area (Å²) in [6.45, 7) is 5.46. The fraction of sp³-hybridized carbons (Fsp3) is 0.533. The number of carbonyl (C=O) groups excluding carboxylic acids is 1. The van der Waals surface area contributed by atoms with Gasteiger partial charge in [-0.1, -0.05) is 29.3 Å². The van der Waals surface area contributed by atoms with Crippen LogP contribution in [-0.2, 0) is 0 Å². The van der Waals surface area contributed by atoms with Gasteiger partial charge in [0.15, 0.2) is 0 Å². The molecule has 0 aliphatic carbocycles. The molecule has 2 fully saturated rings. The molecule has 0 aromatic heterocycles. The Morgan fingerprint density at radius 2 is 1.77 bits per heavy atom. The number of halogens is 3. The Bertz CT molecular complexity index is 507. The minimum Gasteiger partial charge on any atom is -0.336 e. The predicted octanol–water partition coefficient (Wildman–Crippen LogP) is 2.53. The topological polar surface area (TPSA) is 35.6 Å². The maximum Gasteiger partial charge on any atom is 0.256 e. The first kappa shape index (κ1) is 17.8. The number of nitrogens with zero attached hydrogens (tertiary/aromatic N) is 2. The van der Waals surface area contributed by atoms with Gasteiger partial charge in [0.1, 0.15) is 0 Å². The molecular weight excluding hydrogens is 345 g/mol. The van der Waals surface area contributed by atoms with Crippen molar-refractivity contribution in [2.75, 3.05) is 39.3 Å². The van der Waals surface area contributed by atoms with Crippen molar-refractivity contribution in [2.24, 2.45) is 0 Å². The van der Waals surface area contributed by atoms with Crippen LogP contribution in [0.3, 0.4) is 0 Å². The van der Waals surface area contributed by atoms with Gasteiger partial charge in [0.25, 0.3) is 5.91 Å². The molecule has 0 saturated carbocycles. The predicted molar refractivity (Wildman–Crippen MR) is 92.5 cm³/mol. The maximum absolute atomic E-state index is 12.6. The van der Waals surface area contributed by atoms with E-state index in [0.717, 1.165) is 39.3 Å². The molecule has 2 saturated heterocycles. The second kappa shape index (κ2) is 7.84. The zero-order valence-electron chi connectivity index (χ0n) is 12.2. The lowest BCUT2D eigenvalue weighted by molar-refractivity contribution is 0.0584. The molecule has 1 aromatic carbocycles. The zero-order valence-corrected chi connectivity index (χ0v) is 14.6. The number of piperazine rings is 1. The molecule has 0 spiro atoms. The number of amides is 1. The van der Waals surface area contributed by atoms with Crippen molar-refractivity contribution < 1.29 is 4.79 Å². The third-order valence-electron chi connectivity index (χ3n) is 4.33. The molecule has 22 heavy (non-hydrogen) atoms. The van der Waals surface area contributed by atoms with E-state index in [-0.39, 0.29) is 18.3 Å². The molecule has 1 unspecified atom stereocenters. The summed E-state index contributed by atoms with van der Waals surface area (Å²) < 4.78 is 0. The zero-order chi connectivity index (χ0) is 14.8. The number of nitrogens with one attached hydrogen (secondary N) is 1. The van der Waals surface area contributed by atoms with Gasteiger partial charge in [-0.2, -0.15) is 0 Å². The van der Waals surface area contributed by atoms with Crippen molar-refractivity contribution in [1.82, 2.24) is 15.1 Å². The first-order chi connectivity index (χ1) is 10.2. The first-order valence-corrected chi connectivity index (χ1v) is 8.10. The molecule has 2 aliphatic heterocycles. The number of benzene rings is 1. The highest BCUT2D eigenvalue weighted by Gasteiger charge is 2.29. The summed E-state index contributed by atoms with van der Waals surface area (Å²) in [5.41, 5.74) is 0.428. The second-order valence-electron chi connectivity index (χ2n) is 5.57. The normalized spacial score (nSPS) is 22.5. The number of hydrogen-bond donors (Lipinski definition) is 1. The molecular formula is C15H20Cl3N3O. The van der Waals surface area contributed by atoms with Crippen LogP contribution in [-0.4, -0.2) is 61.0 Å². The van der Waals surface area contributed by atoms with Gasteiger partial charge in [0.05, 0.1) is 15.6 Å². The molecule has 1 atom stereocenters. The van der Waals surface area contributed by atoms with Crippen LogP contribution in [0.15, 0.2) is 18.2 Å². The third-order valence-corrected chi connectivity index (χ3v) is 4.96. The van der Waals surface area contributed by atoms with Crippen LogP contribution in [0.2, 0.25) is 10.0 Å². The lowest BCUT2D eigenvalue weighted by Crippen LogP contribution is -2.52. The fourth-order valence-corrected chi connectivity index (χ4v) is 3.66. The van der Waals surface area contributed by atoms with Gasteiger partial charge in [-0.3, -0.25) is 9.69 Å². The van der Waals surface area contributed by atoms with Crippen LogP contribution >= 0.6 is 35.6 Å². The molecule has 122 valence electrons. The Kier molecular flexibility index (Phi) is 6.36. The minimum atomic E-state index is -0.0604. The van der Waals surface area contributed by atoms with Gasteiger partial charge in [-0.25, -0.2) is 0 Å². The van der Waals surface area contributed by atoms with Crippen molar-refractivity contribution in [1.29, 1.82) is 0 Å². The summed E-state index contributed by atoms with van der Waals surface area (Å²) in [4.78, 5) is 16.9. The van der Waals surface area contributed by atoms with E-state index in [0.29, 0.717) is 21.7 Å². The molecule has 1 N–H and O–H groups in total. The van der Waals surface area contributed by atoms with Crippen LogP contribution in [0.4, 0.5) is 0 Å². The summed E-state index contributed by atoms with van der Waals surface area (Å²) in [6.07, 6.45) is 1.20. The summed E-state index contributed by atoms with van der Waals surface area (Å²) in [7, 11) is 0. The largest absolute Gasteiger partial charge is 0.336 e. The van der Waals surface area contributed by atoms with Crippen LogP contribution in [0, 0.1) is 0 Å². The molecule has 0 radical (unpaired) electrons. The molecule has 2 aliphatic rings. The van der Waals surface area contributed by atoms with Crippen LogP contribution in [0.25, 0.3) is 0 Å².